The molecule has 204 valence electrons. The van der Waals surface area contributed by atoms with Crippen LogP contribution in [0.2, 0.25) is 0 Å². The summed E-state index contributed by atoms with van der Waals surface area (Å²) in [4.78, 5) is 0. The molecule has 0 saturated carbocycles. The van der Waals surface area contributed by atoms with E-state index in [4.69, 9.17) is 0 Å². The van der Waals surface area contributed by atoms with Gasteiger partial charge in [-0.3, -0.25) is 0 Å². The summed E-state index contributed by atoms with van der Waals surface area (Å²) in [6.07, 6.45) is 14.9. The standard InChI is InChI=1S/C26H54N2O4S2/c1-5-9-13-15-17-19-23-33(29,30)26(25(27-21-11-7-3)28-22-12-8-4)34(31,32)24-20-18-16-14-10-6-2/h27-28H,5-24H2,1-4H3. The summed E-state index contributed by atoms with van der Waals surface area (Å²) in [5.74, 6) is -0.0316. The lowest BCUT2D eigenvalue weighted by Crippen LogP contribution is -2.35. The van der Waals surface area contributed by atoms with Gasteiger partial charge < -0.3 is 10.6 Å². The number of unbranched alkanes of at least 4 members (excludes halogenated alkanes) is 12. The Hall–Kier alpha value is -0.760. The predicted molar refractivity (Wildman–Crippen MR) is 147 cm³/mol. The van der Waals surface area contributed by atoms with Crippen molar-refractivity contribution in [1.29, 1.82) is 0 Å². The zero-order chi connectivity index (χ0) is 25.7. The van der Waals surface area contributed by atoms with Crippen LogP contribution in [0.4, 0.5) is 0 Å². The maximum atomic E-state index is 13.4. The van der Waals surface area contributed by atoms with Gasteiger partial charge in [0.05, 0.1) is 11.5 Å². The second-order valence-corrected chi connectivity index (χ2v) is 13.7. The van der Waals surface area contributed by atoms with Gasteiger partial charge in [0, 0.05) is 13.1 Å². The monoisotopic (exact) mass is 522 g/mol. The third-order valence-electron chi connectivity index (χ3n) is 5.97. The molecule has 0 aromatic carbocycles. The third kappa shape index (κ3) is 15.3. The van der Waals surface area contributed by atoms with Gasteiger partial charge in [-0.2, -0.15) is 0 Å². The first-order valence-corrected chi connectivity index (χ1v) is 17.2. The smallest absolute Gasteiger partial charge is 0.198 e. The van der Waals surface area contributed by atoms with Crippen LogP contribution in [0.5, 0.6) is 0 Å². The number of rotatable bonds is 24. The molecule has 0 unspecified atom stereocenters. The van der Waals surface area contributed by atoms with Gasteiger partial charge in [0.25, 0.3) is 0 Å². The van der Waals surface area contributed by atoms with Crippen molar-refractivity contribution < 1.29 is 16.8 Å². The molecule has 2 N–H and O–H groups in total. The van der Waals surface area contributed by atoms with Crippen LogP contribution in [-0.4, -0.2) is 41.4 Å². The Labute approximate surface area is 212 Å². The highest BCUT2D eigenvalue weighted by molar-refractivity contribution is 8.14. The van der Waals surface area contributed by atoms with Crippen LogP contribution in [0.15, 0.2) is 10.1 Å². The van der Waals surface area contributed by atoms with Gasteiger partial charge in [-0.15, -0.1) is 0 Å². The first-order valence-electron chi connectivity index (χ1n) is 13.9. The Balaban J connectivity index is 5.70. The molecule has 0 atom stereocenters. The Morgan fingerprint density at radius 3 is 1.15 bits per heavy atom. The van der Waals surface area contributed by atoms with Gasteiger partial charge in [0.1, 0.15) is 5.82 Å². The van der Waals surface area contributed by atoms with Gasteiger partial charge in [0.2, 0.25) is 0 Å². The molecule has 34 heavy (non-hydrogen) atoms. The molecule has 0 aromatic rings. The van der Waals surface area contributed by atoms with Crippen molar-refractivity contribution in [3.8, 4) is 0 Å². The quantitative estimate of drug-likeness (QED) is 0.142. The topological polar surface area (TPSA) is 92.3 Å². The first-order chi connectivity index (χ1) is 16.3. The summed E-state index contributed by atoms with van der Waals surface area (Å²) in [7, 11) is -7.86. The minimum absolute atomic E-state index is 0.112. The van der Waals surface area contributed by atoms with E-state index in [1.165, 1.54) is 0 Å². The fourth-order valence-corrected chi connectivity index (χ4v) is 8.32. The number of nitrogens with one attached hydrogen (secondary N) is 2. The molecule has 0 aliphatic rings. The van der Waals surface area contributed by atoms with Crippen molar-refractivity contribution in [3.63, 3.8) is 0 Å². The van der Waals surface area contributed by atoms with Crippen LogP contribution in [0.3, 0.4) is 0 Å². The minimum Gasteiger partial charge on any atom is -0.370 e. The van der Waals surface area contributed by atoms with E-state index in [0.29, 0.717) is 25.9 Å². The van der Waals surface area contributed by atoms with Gasteiger partial charge in [-0.25, -0.2) is 16.8 Å². The van der Waals surface area contributed by atoms with Crippen LogP contribution in [0, 0.1) is 0 Å². The van der Waals surface area contributed by atoms with Crippen molar-refractivity contribution in [2.75, 3.05) is 24.6 Å². The molecular weight excluding hydrogens is 468 g/mol. The van der Waals surface area contributed by atoms with Crippen molar-refractivity contribution in [2.45, 2.75) is 130 Å². The lowest BCUT2D eigenvalue weighted by Gasteiger charge is -2.19. The van der Waals surface area contributed by atoms with E-state index in [1.807, 2.05) is 0 Å². The highest BCUT2D eigenvalue weighted by Gasteiger charge is 2.34. The molecule has 0 aliphatic heterocycles. The molecule has 8 heteroatoms. The number of hydrogen-bond donors (Lipinski definition) is 2. The van der Waals surface area contributed by atoms with E-state index in [-0.39, 0.29) is 17.3 Å². The molecule has 0 rings (SSSR count). The molecule has 0 heterocycles. The zero-order valence-electron chi connectivity index (χ0n) is 22.6. The molecule has 0 saturated heterocycles. The van der Waals surface area contributed by atoms with E-state index in [2.05, 4.69) is 38.3 Å². The first kappa shape index (κ1) is 33.2. The molecule has 0 aliphatic carbocycles. The fraction of sp³-hybridized carbons (Fsp3) is 0.923. The van der Waals surface area contributed by atoms with Crippen LogP contribution >= 0.6 is 0 Å². The Bertz CT molecular complexity index is 672. The summed E-state index contributed by atoms with van der Waals surface area (Å²) in [6, 6.07) is 0. The summed E-state index contributed by atoms with van der Waals surface area (Å²) in [5, 5.41) is 6.28. The molecule has 0 aromatic heterocycles. The Morgan fingerprint density at radius 2 is 0.794 bits per heavy atom. The van der Waals surface area contributed by atoms with E-state index < -0.39 is 23.9 Å². The summed E-state index contributed by atoms with van der Waals surface area (Å²) in [6.45, 7) is 9.51. The molecule has 0 bridgehead atoms. The summed E-state index contributed by atoms with van der Waals surface area (Å²) < 4.78 is 53.3. The zero-order valence-corrected chi connectivity index (χ0v) is 24.2. The average Bonchev–Trinajstić information content (AvgIpc) is 2.78. The maximum Gasteiger partial charge on any atom is 0.198 e. The molecule has 0 spiro atoms. The summed E-state index contributed by atoms with van der Waals surface area (Å²) in [5.41, 5.74) is 0. The SMILES string of the molecule is CCCCCCCCS(=O)(=O)C(=C(NCCCC)NCCCC)S(=O)(=O)CCCCCCCC. The molecule has 0 radical (unpaired) electrons. The largest absolute Gasteiger partial charge is 0.370 e. The van der Waals surface area contributed by atoms with E-state index in [1.54, 1.807) is 0 Å². The Kier molecular flexibility index (Phi) is 20.0. The highest BCUT2D eigenvalue weighted by Crippen LogP contribution is 2.23. The van der Waals surface area contributed by atoms with Crippen molar-refractivity contribution in [3.05, 3.63) is 10.1 Å². The Morgan fingerprint density at radius 1 is 0.471 bits per heavy atom. The second kappa shape index (κ2) is 20.4. The van der Waals surface area contributed by atoms with Crippen LogP contribution in [-0.2, 0) is 19.7 Å². The number of sulfone groups is 2. The predicted octanol–water partition coefficient (Wildman–Crippen LogP) is 6.44. The van der Waals surface area contributed by atoms with Crippen molar-refractivity contribution >= 4 is 19.7 Å². The summed E-state index contributed by atoms with van der Waals surface area (Å²) >= 11 is 0. The van der Waals surface area contributed by atoms with Gasteiger partial charge in [-0.05, 0) is 25.7 Å². The second-order valence-electron chi connectivity index (χ2n) is 9.40. The van der Waals surface area contributed by atoms with Crippen LogP contribution in [0.1, 0.15) is 130 Å². The maximum absolute atomic E-state index is 13.4. The number of hydrogen-bond acceptors (Lipinski definition) is 6. The fourth-order valence-electron chi connectivity index (χ4n) is 3.82. The van der Waals surface area contributed by atoms with E-state index in [0.717, 1.165) is 89.9 Å². The van der Waals surface area contributed by atoms with Crippen molar-refractivity contribution in [2.24, 2.45) is 0 Å². The van der Waals surface area contributed by atoms with Gasteiger partial charge in [-0.1, -0.05) is 105 Å². The van der Waals surface area contributed by atoms with Crippen LogP contribution in [0.25, 0.3) is 0 Å². The van der Waals surface area contributed by atoms with E-state index in [9.17, 15) is 16.8 Å². The minimum atomic E-state index is -3.93. The van der Waals surface area contributed by atoms with Gasteiger partial charge >= 0.3 is 0 Å². The van der Waals surface area contributed by atoms with Crippen molar-refractivity contribution in [1.82, 2.24) is 10.6 Å². The highest BCUT2D eigenvalue weighted by atomic mass is 32.3. The molecule has 0 fully saturated rings. The lowest BCUT2D eigenvalue weighted by molar-refractivity contribution is 0.576. The molecule has 6 nitrogen and oxygen atoms in total. The lowest BCUT2D eigenvalue weighted by atomic mass is 10.1. The molecule has 0 amide bonds. The third-order valence-corrected chi connectivity index (χ3v) is 10.7. The van der Waals surface area contributed by atoms with E-state index >= 15 is 0 Å². The van der Waals surface area contributed by atoms with Gasteiger partial charge in [0.15, 0.2) is 23.9 Å². The van der Waals surface area contributed by atoms with Crippen LogP contribution < -0.4 is 10.6 Å². The molecular formula is C26H54N2O4S2. The average molecular weight is 523 g/mol. The normalized spacial score (nSPS) is 12.0.